The Kier molecular flexibility index (Phi) is 4.65. The van der Waals surface area contributed by atoms with Crippen molar-refractivity contribution in [1.82, 2.24) is 14.9 Å². The number of methoxy groups -OCH3 is 2. The molecule has 0 aliphatic carbocycles. The van der Waals surface area contributed by atoms with Crippen LogP contribution in [0.1, 0.15) is 23.7 Å². The maximum Gasteiger partial charge on any atom is 0.268 e. The van der Waals surface area contributed by atoms with Crippen LogP contribution >= 0.6 is 11.3 Å². The smallest absolute Gasteiger partial charge is 0.268 e. The van der Waals surface area contributed by atoms with Crippen LogP contribution in [0.3, 0.4) is 0 Å². The number of thiophene rings is 1. The average Bonchev–Trinajstić information content (AvgIpc) is 3.31. The second-order valence-electron chi connectivity index (χ2n) is 6.48. The van der Waals surface area contributed by atoms with Crippen LogP contribution in [0.15, 0.2) is 34.4 Å². The zero-order valence-electron chi connectivity index (χ0n) is 14.8. The lowest BCUT2D eigenvalue weighted by Crippen LogP contribution is -2.23. The number of aromatic nitrogens is 2. The lowest BCUT2D eigenvalue weighted by atomic mass is 9.97. The second kappa shape index (κ2) is 7.09. The van der Waals surface area contributed by atoms with Gasteiger partial charge < -0.3 is 14.5 Å². The van der Waals surface area contributed by atoms with Crippen LogP contribution in [0.4, 0.5) is 0 Å². The van der Waals surface area contributed by atoms with Crippen molar-refractivity contribution in [2.45, 2.75) is 18.9 Å². The summed E-state index contributed by atoms with van der Waals surface area (Å²) in [5.41, 5.74) is 1.90. The lowest BCUT2D eigenvalue weighted by molar-refractivity contribution is 0.317. The molecule has 4 rings (SSSR count). The van der Waals surface area contributed by atoms with Crippen molar-refractivity contribution in [3.8, 4) is 11.5 Å². The van der Waals surface area contributed by atoms with Gasteiger partial charge in [0.1, 0.15) is 22.0 Å². The molecule has 0 radical (unpaired) electrons. The third-order valence-electron chi connectivity index (χ3n) is 4.89. The molecule has 0 amide bonds. The summed E-state index contributed by atoms with van der Waals surface area (Å²) in [6, 6.07) is 7.83. The Balaban J connectivity index is 1.52. The molecule has 136 valence electrons. The van der Waals surface area contributed by atoms with E-state index < -0.39 is 0 Å². The Hall–Kier alpha value is -2.38. The van der Waals surface area contributed by atoms with Crippen molar-refractivity contribution < 1.29 is 9.47 Å². The molecular formula is C19H21N3O3S. The number of rotatable bonds is 5. The van der Waals surface area contributed by atoms with Gasteiger partial charge in [-0.15, -0.1) is 11.3 Å². The van der Waals surface area contributed by atoms with E-state index in [-0.39, 0.29) is 5.56 Å². The highest BCUT2D eigenvalue weighted by atomic mass is 32.1. The molecule has 2 aromatic heterocycles. The van der Waals surface area contributed by atoms with E-state index in [2.05, 4.69) is 20.9 Å². The van der Waals surface area contributed by atoms with Crippen LogP contribution in [0.25, 0.3) is 10.2 Å². The fraction of sp³-hybridized carbons (Fsp3) is 0.368. The number of hydrogen-bond donors (Lipinski definition) is 1. The van der Waals surface area contributed by atoms with Gasteiger partial charge in [0.2, 0.25) is 0 Å². The first kappa shape index (κ1) is 17.1. The average molecular weight is 371 g/mol. The standard InChI is InChI=1S/C19H21N3O3S/c1-24-13-3-4-16(25-2)14(9-13)12-5-7-22(10-12)11-17-20-15-6-8-26-18(15)19(23)21-17/h3-4,6,8-9,12H,5,7,10-11H2,1-2H3,(H,20,21,23)/t12-/m0/s1. The molecule has 6 nitrogen and oxygen atoms in total. The van der Waals surface area contributed by atoms with E-state index in [9.17, 15) is 4.79 Å². The molecular weight excluding hydrogens is 350 g/mol. The molecule has 1 aliphatic heterocycles. The van der Waals surface area contributed by atoms with E-state index in [1.165, 1.54) is 16.9 Å². The van der Waals surface area contributed by atoms with E-state index in [1.807, 2.05) is 23.6 Å². The van der Waals surface area contributed by atoms with E-state index >= 15 is 0 Å². The fourth-order valence-electron chi connectivity index (χ4n) is 3.60. The first-order valence-electron chi connectivity index (χ1n) is 8.58. The maximum atomic E-state index is 12.1. The zero-order valence-corrected chi connectivity index (χ0v) is 15.6. The summed E-state index contributed by atoms with van der Waals surface area (Å²) in [7, 11) is 3.37. The van der Waals surface area contributed by atoms with Crippen LogP contribution in [-0.4, -0.2) is 42.2 Å². The summed E-state index contributed by atoms with van der Waals surface area (Å²) < 4.78 is 11.6. The maximum absolute atomic E-state index is 12.1. The largest absolute Gasteiger partial charge is 0.497 e. The van der Waals surface area contributed by atoms with Crippen LogP contribution in [-0.2, 0) is 6.54 Å². The quantitative estimate of drug-likeness (QED) is 0.747. The summed E-state index contributed by atoms with van der Waals surface area (Å²) >= 11 is 1.42. The molecule has 1 N–H and O–H groups in total. The number of nitrogens with zero attached hydrogens (tertiary/aromatic N) is 2. The third kappa shape index (κ3) is 3.20. The second-order valence-corrected chi connectivity index (χ2v) is 7.39. The van der Waals surface area contributed by atoms with E-state index in [0.29, 0.717) is 17.2 Å². The Labute approximate surface area is 155 Å². The van der Waals surface area contributed by atoms with Crippen molar-refractivity contribution in [3.63, 3.8) is 0 Å². The minimum absolute atomic E-state index is 0.0507. The first-order chi connectivity index (χ1) is 12.7. The minimum Gasteiger partial charge on any atom is -0.497 e. The van der Waals surface area contributed by atoms with Gasteiger partial charge in [-0.2, -0.15) is 0 Å². The summed E-state index contributed by atoms with van der Waals surface area (Å²) in [6.07, 6.45) is 1.04. The molecule has 1 aliphatic rings. The van der Waals surface area contributed by atoms with Gasteiger partial charge in [0, 0.05) is 18.0 Å². The SMILES string of the molecule is COc1ccc(OC)c([C@H]2CCN(Cc3nc4ccsc4c(=O)[nH]3)C2)c1. The van der Waals surface area contributed by atoms with Gasteiger partial charge in [-0.25, -0.2) is 4.98 Å². The topological polar surface area (TPSA) is 67.5 Å². The summed E-state index contributed by atoms with van der Waals surface area (Å²) in [5.74, 6) is 2.83. The summed E-state index contributed by atoms with van der Waals surface area (Å²) in [4.78, 5) is 22.0. The molecule has 0 unspecified atom stereocenters. The third-order valence-corrected chi connectivity index (χ3v) is 5.79. The van der Waals surface area contributed by atoms with Crippen LogP contribution in [0, 0.1) is 0 Å². The van der Waals surface area contributed by atoms with Gasteiger partial charge in [0.05, 0.1) is 26.3 Å². The number of aromatic amines is 1. The predicted octanol–water partition coefficient (Wildman–Crippen LogP) is 2.99. The van der Waals surface area contributed by atoms with Gasteiger partial charge in [0.25, 0.3) is 5.56 Å². The molecule has 1 fully saturated rings. The fourth-order valence-corrected chi connectivity index (χ4v) is 4.32. The molecule has 1 saturated heterocycles. The normalized spacial score (nSPS) is 17.7. The van der Waals surface area contributed by atoms with Crippen LogP contribution in [0.2, 0.25) is 0 Å². The number of hydrogen-bond acceptors (Lipinski definition) is 6. The molecule has 7 heteroatoms. The zero-order chi connectivity index (χ0) is 18.1. The molecule has 0 bridgehead atoms. The van der Waals surface area contributed by atoms with E-state index in [1.54, 1.807) is 14.2 Å². The molecule has 0 saturated carbocycles. The molecule has 3 heterocycles. The van der Waals surface area contributed by atoms with Gasteiger partial charge in [-0.1, -0.05) is 0 Å². The number of likely N-dealkylation sites (tertiary alicyclic amines) is 1. The van der Waals surface area contributed by atoms with Crippen molar-refractivity contribution in [2.75, 3.05) is 27.3 Å². The lowest BCUT2D eigenvalue weighted by Gasteiger charge is -2.18. The number of benzene rings is 1. The van der Waals surface area contributed by atoms with Crippen molar-refractivity contribution in [3.05, 3.63) is 51.4 Å². The number of fused-ring (bicyclic) bond motifs is 1. The minimum atomic E-state index is -0.0507. The highest BCUT2D eigenvalue weighted by Crippen LogP contribution is 2.36. The highest BCUT2D eigenvalue weighted by molar-refractivity contribution is 7.17. The van der Waals surface area contributed by atoms with Crippen LogP contribution in [0.5, 0.6) is 11.5 Å². The van der Waals surface area contributed by atoms with Crippen molar-refractivity contribution in [2.24, 2.45) is 0 Å². The first-order valence-corrected chi connectivity index (χ1v) is 9.46. The Morgan fingerprint density at radius 2 is 2.19 bits per heavy atom. The number of ether oxygens (including phenoxy) is 2. The molecule has 26 heavy (non-hydrogen) atoms. The monoisotopic (exact) mass is 371 g/mol. The van der Waals surface area contributed by atoms with Crippen LogP contribution < -0.4 is 15.0 Å². The van der Waals surface area contributed by atoms with E-state index in [0.717, 1.165) is 42.4 Å². The van der Waals surface area contributed by atoms with Crippen molar-refractivity contribution >= 4 is 21.6 Å². The van der Waals surface area contributed by atoms with Gasteiger partial charge >= 0.3 is 0 Å². The molecule has 1 atom stereocenters. The summed E-state index contributed by atoms with van der Waals surface area (Å²) in [6.45, 7) is 2.50. The summed E-state index contributed by atoms with van der Waals surface area (Å²) in [5, 5.41) is 1.90. The number of nitrogens with one attached hydrogen (secondary N) is 1. The number of H-pyrrole nitrogens is 1. The molecule has 0 spiro atoms. The Morgan fingerprint density at radius 3 is 3.00 bits per heavy atom. The van der Waals surface area contributed by atoms with Gasteiger partial charge in [0.15, 0.2) is 0 Å². The molecule has 3 aromatic rings. The van der Waals surface area contributed by atoms with Gasteiger partial charge in [-0.05, 0) is 42.6 Å². The van der Waals surface area contributed by atoms with E-state index in [4.69, 9.17) is 9.47 Å². The predicted molar refractivity (Wildman–Crippen MR) is 102 cm³/mol. The Morgan fingerprint density at radius 1 is 1.31 bits per heavy atom. The van der Waals surface area contributed by atoms with Crippen molar-refractivity contribution in [1.29, 1.82) is 0 Å². The molecule has 1 aromatic carbocycles. The van der Waals surface area contributed by atoms with Gasteiger partial charge in [-0.3, -0.25) is 9.69 Å². The highest BCUT2D eigenvalue weighted by Gasteiger charge is 2.27. The Bertz CT molecular complexity index is 982.